The summed E-state index contributed by atoms with van der Waals surface area (Å²) in [5.74, 6) is 1.84. The van der Waals surface area contributed by atoms with Crippen LogP contribution in [0.3, 0.4) is 0 Å². The van der Waals surface area contributed by atoms with Gasteiger partial charge in [-0.15, -0.1) is 0 Å². The van der Waals surface area contributed by atoms with E-state index in [0.29, 0.717) is 17.3 Å². The molecule has 0 bridgehead atoms. The van der Waals surface area contributed by atoms with Crippen LogP contribution >= 0.6 is 0 Å². The molecule has 0 saturated heterocycles. The summed E-state index contributed by atoms with van der Waals surface area (Å²) in [5, 5.41) is 6.76. The summed E-state index contributed by atoms with van der Waals surface area (Å²) in [6.45, 7) is 1.01. The van der Waals surface area contributed by atoms with Crippen LogP contribution in [0, 0.1) is 0 Å². The number of hydrogen-bond donors (Lipinski definition) is 1. The first-order valence-corrected chi connectivity index (χ1v) is 5.53. The van der Waals surface area contributed by atoms with Crippen molar-refractivity contribution in [2.75, 3.05) is 14.2 Å². The number of methoxy groups -OCH3 is 1. The Hall–Kier alpha value is -2.08. The van der Waals surface area contributed by atoms with E-state index in [0.717, 1.165) is 12.1 Å². The monoisotopic (exact) mass is 249 g/mol. The van der Waals surface area contributed by atoms with Gasteiger partial charge in [0.15, 0.2) is 18.1 Å². The zero-order valence-electron chi connectivity index (χ0n) is 10.3. The van der Waals surface area contributed by atoms with Gasteiger partial charge in [0.25, 0.3) is 0 Å². The fourth-order valence-electron chi connectivity index (χ4n) is 1.55. The Morgan fingerprint density at radius 1 is 1.33 bits per heavy atom. The summed E-state index contributed by atoms with van der Waals surface area (Å²) in [6.07, 6.45) is 1.27. The van der Waals surface area contributed by atoms with Crippen molar-refractivity contribution in [2.45, 2.75) is 13.2 Å². The van der Waals surface area contributed by atoms with Crippen LogP contribution in [0.1, 0.15) is 11.4 Å². The summed E-state index contributed by atoms with van der Waals surface area (Å²) in [6, 6.07) is 5.78. The zero-order chi connectivity index (χ0) is 12.8. The summed E-state index contributed by atoms with van der Waals surface area (Å²) >= 11 is 0. The van der Waals surface area contributed by atoms with Gasteiger partial charge in [-0.1, -0.05) is 11.2 Å². The average Bonchev–Trinajstić information content (AvgIpc) is 2.90. The van der Waals surface area contributed by atoms with E-state index in [-0.39, 0.29) is 6.61 Å². The maximum Gasteiger partial charge on any atom is 0.213 e. The SMILES string of the molecule is CNCc1ccc(OC)c(OCc2ncon2)c1. The molecule has 0 fully saturated rings. The Labute approximate surface area is 105 Å². The van der Waals surface area contributed by atoms with E-state index in [4.69, 9.17) is 9.47 Å². The van der Waals surface area contributed by atoms with Crippen LogP contribution < -0.4 is 14.8 Å². The first-order chi connectivity index (χ1) is 8.83. The van der Waals surface area contributed by atoms with E-state index in [9.17, 15) is 0 Å². The Morgan fingerprint density at radius 3 is 2.89 bits per heavy atom. The van der Waals surface area contributed by atoms with Crippen LogP contribution in [0.15, 0.2) is 29.1 Å². The molecular weight excluding hydrogens is 234 g/mol. The third kappa shape index (κ3) is 2.98. The lowest BCUT2D eigenvalue weighted by Gasteiger charge is -2.11. The van der Waals surface area contributed by atoms with Crippen molar-refractivity contribution in [1.29, 1.82) is 0 Å². The quantitative estimate of drug-likeness (QED) is 0.834. The highest BCUT2D eigenvalue weighted by molar-refractivity contribution is 5.42. The van der Waals surface area contributed by atoms with Crippen molar-refractivity contribution in [3.8, 4) is 11.5 Å². The van der Waals surface area contributed by atoms with Crippen molar-refractivity contribution in [3.05, 3.63) is 36.0 Å². The van der Waals surface area contributed by atoms with E-state index in [1.165, 1.54) is 6.39 Å². The second-order valence-corrected chi connectivity index (χ2v) is 3.65. The number of aromatic nitrogens is 2. The Bertz CT molecular complexity index is 485. The minimum Gasteiger partial charge on any atom is -0.493 e. The van der Waals surface area contributed by atoms with Crippen molar-refractivity contribution in [1.82, 2.24) is 15.5 Å². The number of ether oxygens (including phenoxy) is 2. The second-order valence-electron chi connectivity index (χ2n) is 3.65. The van der Waals surface area contributed by atoms with Gasteiger partial charge in [-0.25, -0.2) is 0 Å². The Morgan fingerprint density at radius 2 is 2.22 bits per heavy atom. The molecule has 2 rings (SSSR count). The highest BCUT2D eigenvalue weighted by atomic mass is 16.5. The second kappa shape index (κ2) is 6.02. The summed E-state index contributed by atoms with van der Waals surface area (Å²) in [4.78, 5) is 3.89. The van der Waals surface area contributed by atoms with Gasteiger partial charge < -0.3 is 19.3 Å². The predicted octanol–water partition coefficient (Wildman–Crippen LogP) is 1.38. The lowest BCUT2D eigenvalue weighted by molar-refractivity contribution is 0.269. The third-order valence-electron chi connectivity index (χ3n) is 2.37. The first kappa shape index (κ1) is 12.4. The van der Waals surface area contributed by atoms with Gasteiger partial charge in [0.2, 0.25) is 12.2 Å². The van der Waals surface area contributed by atoms with Gasteiger partial charge in [0.05, 0.1) is 7.11 Å². The number of benzene rings is 1. The molecule has 0 aliphatic rings. The largest absolute Gasteiger partial charge is 0.493 e. The van der Waals surface area contributed by atoms with Crippen LogP contribution in [-0.4, -0.2) is 24.3 Å². The van der Waals surface area contributed by atoms with E-state index < -0.39 is 0 Å². The standard InChI is InChI=1S/C12H15N3O3/c1-13-6-9-3-4-10(16-2)11(5-9)17-7-12-14-8-18-15-12/h3-5,8,13H,6-7H2,1-2H3. The Balaban J connectivity index is 2.10. The molecule has 96 valence electrons. The fourth-order valence-corrected chi connectivity index (χ4v) is 1.55. The molecule has 1 N–H and O–H groups in total. The molecule has 0 atom stereocenters. The zero-order valence-corrected chi connectivity index (χ0v) is 10.3. The molecule has 0 aliphatic heterocycles. The van der Waals surface area contributed by atoms with Gasteiger partial charge >= 0.3 is 0 Å². The highest BCUT2D eigenvalue weighted by Gasteiger charge is 2.07. The molecule has 1 heterocycles. The van der Waals surface area contributed by atoms with E-state index in [1.807, 2.05) is 25.2 Å². The lowest BCUT2D eigenvalue weighted by Crippen LogP contribution is -2.06. The predicted molar refractivity (Wildman–Crippen MR) is 64.4 cm³/mol. The molecule has 1 aromatic heterocycles. The maximum atomic E-state index is 5.62. The smallest absolute Gasteiger partial charge is 0.213 e. The van der Waals surface area contributed by atoms with Crippen molar-refractivity contribution in [2.24, 2.45) is 0 Å². The molecule has 0 amide bonds. The minimum absolute atomic E-state index is 0.246. The molecule has 6 heteroatoms. The lowest BCUT2D eigenvalue weighted by atomic mass is 10.2. The maximum absolute atomic E-state index is 5.62. The van der Waals surface area contributed by atoms with E-state index in [2.05, 4.69) is 20.0 Å². The number of hydrogen-bond acceptors (Lipinski definition) is 6. The Kier molecular flexibility index (Phi) is 4.14. The number of rotatable bonds is 6. The molecule has 0 spiro atoms. The van der Waals surface area contributed by atoms with Gasteiger partial charge in [-0.05, 0) is 24.7 Å². The summed E-state index contributed by atoms with van der Waals surface area (Å²) in [7, 11) is 3.50. The normalized spacial score (nSPS) is 10.3. The molecule has 18 heavy (non-hydrogen) atoms. The number of nitrogens with one attached hydrogen (secondary N) is 1. The first-order valence-electron chi connectivity index (χ1n) is 5.53. The topological polar surface area (TPSA) is 69.4 Å². The summed E-state index contributed by atoms with van der Waals surface area (Å²) in [5.41, 5.74) is 1.11. The van der Waals surface area contributed by atoms with E-state index >= 15 is 0 Å². The molecule has 0 unspecified atom stereocenters. The molecule has 0 aliphatic carbocycles. The highest BCUT2D eigenvalue weighted by Crippen LogP contribution is 2.28. The van der Waals surface area contributed by atoms with Crippen molar-refractivity contribution in [3.63, 3.8) is 0 Å². The van der Waals surface area contributed by atoms with Gasteiger partial charge in [-0.2, -0.15) is 4.98 Å². The molecular formula is C12H15N3O3. The van der Waals surface area contributed by atoms with Gasteiger partial charge in [0, 0.05) is 6.54 Å². The summed E-state index contributed by atoms with van der Waals surface area (Å²) < 4.78 is 15.5. The van der Waals surface area contributed by atoms with Crippen molar-refractivity contribution < 1.29 is 14.0 Å². The molecule has 2 aromatic rings. The van der Waals surface area contributed by atoms with Crippen LogP contribution in [0.5, 0.6) is 11.5 Å². The van der Waals surface area contributed by atoms with Crippen LogP contribution in [0.25, 0.3) is 0 Å². The van der Waals surface area contributed by atoms with Crippen LogP contribution in [0.4, 0.5) is 0 Å². The minimum atomic E-state index is 0.246. The van der Waals surface area contributed by atoms with Crippen molar-refractivity contribution >= 4 is 0 Å². The molecule has 0 saturated carbocycles. The molecule has 0 radical (unpaired) electrons. The average molecular weight is 249 g/mol. The van der Waals surface area contributed by atoms with Crippen LogP contribution in [0.2, 0.25) is 0 Å². The molecule has 6 nitrogen and oxygen atoms in total. The van der Waals surface area contributed by atoms with Crippen LogP contribution in [-0.2, 0) is 13.2 Å². The van der Waals surface area contributed by atoms with Gasteiger partial charge in [-0.3, -0.25) is 0 Å². The van der Waals surface area contributed by atoms with Gasteiger partial charge in [0.1, 0.15) is 0 Å². The third-order valence-corrected chi connectivity index (χ3v) is 2.37. The number of nitrogens with zero attached hydrogens (tertiary/aromatic N) is 2. The molecule has 1 aromatic carbocycles. The van der Waals surface area contributed by atoms with E-state index in [1.54, 1.807) is 7.11 Å². The fraction of sp³-hybridized carbons (Fsp3) is 0.333.